The molecule has 110 valence electrons. The van der Waals surface area contributed by atoms with Crippen molar-refractivity contribution < 1.29 is 13.9 Å². The summed E-state index contributed by atoms with van der Waals surface area (Å²) in [5.74, 6) is -0.426. The maximum Gasteiger partial charge on any atom is 0.257 e. The van der Waals surface area contributed by atoms with E-state index in [1.807, 2.05) is 12.1 Å². The van der Waals surface area contributed by atoms with Crippen LogP contribution >= 0.6 is 11.6 Å². The van der Waals surface area contributed by atoms with Crippen molar-refractivity contribution in [3.8, 4) is 5.75 Å². The molecule has 0 N–H and O–H groups in total. The predicted molar refractivity (Wildman–Crippen MR) is 80.2 cm³/mol. The zero-order valence-corrected chi connectivity index (χ0v) is 12.5. The van der Waals surface area contributed by atoms with Crippen LogP contribution in [0.2, 0.25) is 5.02 Å². The molecule has 0 fully saturated rings. The first-order valence-electron chi connectivity index (χ1n) is 6.34. The second kappa shape index (κ2) is 6.59. The SMILES string of the molecule is COc1ccc(F)cc1C(=O)N(C)Cc1ccc(Cl)cc1. The molecule has 0 aliphatic rings. The molecule has 0 unspecified atom stereocenters. The van der Waals surface area contributed by atoms with E-state index in [2.05, 4.69) is 0 Å². The van der Waals surface area contributed by atoms with Gasteiger partial charge in [0, 0.05) is 18.6 Å². The van der Waals surface area contributed by atoms with Gasteiger partial charge in [-0.05, 0) is 35.9 Å². The molecule has 0 aliphatic heterocycles. The van der Waals surface area contributed by atoms with Gasteiger partial charge in [0.1, 0.15) is 11.6 Å². The minimum absolute atomic E-state index is 0.203. The van der Waals surface area contributed by atoms with Crippen molar-refractivity contribution in [1.82, 2.24) is 4.90 Å². The number of rotatable bonds is 4. The number of ether oxygens (including phenoxy) is 1. The minimum atomic E-state index is -0.473. The van der Waals surface area contributed by atoms with Gasteiger partial charge in [-0.2, -0.15) is 0 Å². The van der Waals surface area contributed by atoms with Crippen molar-refractivity contribution in [1.29, 1.82) is 0 Å². The Labute approximate surface area is 127 Å². The lowest BCUT2D eigenvalue weighted by Crippen LogP contribution is -2.26. The highest BCUT2D eigenvalue weighted by Crippen LogP contribution is 2.21. The lowest BCUT2D eigenvalue weighted by molar-refractivity contribution is 0.0781. The molecule has 1 amide bonds. The third-order valence-corrected chi connectivity index (χ3v) is 3.32. The highest BCUT2D eigenvalue weighted by molar-refractivity contribution is 6.30. The van der Waals surface area contributed by atoms with E-state index >= 15 is 0 Å². The number of halogens is 2. The molecule has 0 heterocycles. The van der Waals surface area contributed by atoms with Crippen LogP contribution in [-0.2, 0) is 6.54 Å². The zero-order valence-electron chi connectivity index (χ0n) is 11.8. The third-order valence-electron chi connectivity index (χ3n) is 3.07. The Hall–Kier alpha value is -2.07. The Morgan fingerprint density at radius 2 is 1.90 bits per heavy atom. The van der Waals surface area contributed by atoms with Gasteiger partial charge in [0.15, 0.2) is 0 Å². The number of hydrogen-bond acceptors (Lipinski definition) is 2. The molecular formula is C16H15ClFNO2. The maximum absolute atomic E-state index is 13.3. The van der Waals surface area contributed by atoms with Gasteiger partial charge in [-0.3, -0.25) is 4.79 Å². The first kappa shape index (κ1) is 15.3. The maximum atomic E-state index is 13.3. The Balaban J connectivity index is 2.19. The molecule has 0 saturated carbocycles. The molecule has 0 saturated heterocycles. The Morgan fingerprint density at radius 1 is 1.24 bits per heavy atom. The van der Waals surface area contributed by atoms with E-state index in [0.717, 1.165) is 5.56 Å². The summed E-state index contributed by atoms with van der Waals surface area (Å²) in [4.78, 5) is 13.9. The molecule has 0 atom stereocenters. The van der Waals surface area contributed by atoms with Gasteiger partial charge in [-0.1, -0.05) is 23.7 Å². The van der Waals surface area contributed by atoms with Crippen LogP contribution in [0.15, 0.2) is 42.5 Å². The number of nitrogens with zero attached hydrogens (tertiary/aromatic N) is 1. The number of methoxy groups -OCH3 is 1. The van der Waals surface area contributed by atoms with E-state index in [4.69, 9.17) is 16.3 Å². The molecule has 0 bridgehead atoms. The largest absolute Gasteiger partial charge is 0.496 e. The molecular weight excluding hydrogens is 293 g/mol. The standard InChI is InChI=1S/C16H15ClFNO2/c1-19(10-11-3-5-12(17)6-4-11)16(20)14-9-13(18)7-8-15(14)21-2/h3-9H,10H2,1-2H3. The molecule has 21 heavy (non-hydrogen) atoms. The van der Waals surface area contributed by atoms with E-state index in [-0.39, 0.29) is 11.5 Å². The fourth-order valence-corrected chi connectivity index (χ4v) is 2.11. The first-order valence-corrected chi connectivity index (χ1v) is 6.72. The highest BCUT2D eigenvalue weighted by Gasteiger charge is 2.17. The summed E-state index contributed by atoms with van der Waals surface area (Å²) >= 11 is 5.82. The number of carbonyl (C=O) groups excluding carboxylic acids is 1. The summed E-state index contributed by atoms with van der Waals surface area (Å²) in [5, 5.41) is 0.638. The second-order valence-electron chi connectivity index (χ2n) is 4.63. The number of hydrogen-bond donors (Lipinski definition) is 0. The van der Waals surface area contributed by atoms with Crippen LogP contribution in [0.25, 0.3) is 0 Å². The Bertz CT molecular complexity index is 643. The van der Waals surface area contributed by atoms with Gasteiger partial charge < -0.3 is 9.64 Å². The minimum Gasteiger partial charge on any atom is -0.496 e. The van der Waals surface area contributed by atoms with Crippen LogP contribution in [-0.4, -0.2) is 25.0 Å². The topological polar surface area (TPSA) is 29.5 Å². The normalized spacial score (nSPS) is 10.3. The van der Waals surface area contributed by atoms with E-state index in [1.165, 1.54) is 30.2 Å². The molecule has 2 aromatic rings. The van der Waals surface area contributed by atoms with Crippen molar-refractivity contribution in [3.63, 3.8) is 0 Å². The Kier molecular flexibility index (Phi) is 4.81. The van der Waals surface area contributed by atoms with E-state index in [1.54, 1.807) is 19.2 Å². The predicted octanol–water partition coefficient (Wildman–Crippen LogP) is 3.76. The van der Waals surface area contributed by atoms with Gasteiger partial charge in [-0.25, -0.2) is 4.39 Å². The second-order valence-corrected chi connectivity index (χ2v) is 5.07. The van der Waals surface area contributed by atoms with Crippen molar-refractivity contribution >= 4 is 17.5 Å². The lowest BCUT2D eigenvalue weighted by Gasteiger charge is -2.19. The summed E-state index contributed by atoms with van der Waals surface area (Å²) in [5.41, 5.74) is 1.14. The summed E-state index contributed by atoms with van der Waals surface area (Å²) in [7, 11) is 3.10. The molecule has 2 aromatic carbocycles. The molecule has 5 heteroatoms. The van der Waals surface area contributed by atoms with Crippen molar-refractivity contribution in [2.75, 3.05) is 14.2 Å². The molecule has 0 radical (unpaired) electrons. The van der Waals surface area contributed by atoms with Gasteiger partial charge >= 0.3 is 0 Å². The number of benzene rings is 2. The average Bonchev–Trinajstić information content (AvgIpc) is 2.48. The van der Waals surface area contributed by atoms with Crippen molar-refractivity contribution in [2.45, 2.75) is 6.54 Å². The molecule has 0 aliphatic carbocycles. The van der Waals surface area contributed by atoms with Crippen molar-refractivity contribution in [3.05, 3.63) is 64.4 Å². The van der Waals surface area contributed by atoms with Crippen LogP contribution in [0.1, 0.15) is 15.9 Å². The van der Waals surface area contributed by atoms with Crippen LogP contribution < -0.4 is 4.74 Å². The lowest BCUT2D eigenvalue weighted by atomic mass is 10.1. The first-order chi connectivity index (χ1) is 10.0. The van der Waals surface area contributed by atoms with E-state index < -0.39 is 5.82 Å². The summed E-state index contributed by atoms with van der Waals surface area (Å²) in [6.07, 6.45) is 0. The fraction of sp³-hybridized carbons (Fsp3) is 0.188. The van der Waals surface area contributed by atoms with E-state index in [9.17, 15) is 9.18 Å². The van der Waals surface area contributed by atoms with Crippen molar-refractivity contribution in [2.24, 2.45) is 0 Å². The smallest absolute Gasteiger partial charge is 0.257 e. The number of carbonyl (C=O) groups is 1. The van der Waals surface area contributed by atoms with E-state index in [0.29, 0.717) is 17.3 Å². The summed E-state index contributed by atoms with van der Waals surface area (Å²) < 4.78 is 18.4. The van der Waals surface area contributed by atoms with Crippen LogP contribution in [0.4, 0.5) is 4.39 Å². The molecule has 0 aromatic heterocycles. The van der Waals surface area contributed by atoms with Crippen LogP contribution in [0.3, 0.4) is 0 Å². The summed E-state index contributed by atoms with van der Waals surface area (Å²) in [6, 6.07) is 11.1. The molecule has 2 rings (SSSR count). The third kappa shape index (κ3) is 3.73. The number of amides is 1. The van der Waals surface area contributed by atoms with Crippen LogP contribution in [0, 0.1) is 5.82 Å². The van der Waals surface area contributed by atoms with Gasteiger partial charge in [-0.15, -0.1) is 0 Å². The monoisotopic (exact) mass is 307 g/mol. The molecule has 3 nitrogen and oxygen atoms in total. The fourth-order valence-electron chi connectivity index (χ4n) is 1.99. The molecule has 0 spiro atoms. The quantitative estimate of drug-likeness (QED) is 0.860. The van der Waals surface area contributed by atoms with Gasteiger partial charge in [0.25, 0.3) is 5.91 Å². The zero-order chi connectivity index (χ0) is 15.4. The highest BCUT2D eigenvalue weighted by atomic mass is 35.5. The van der Waals surface area contributed by atoms with Crippen LogP contribution in [0.5, 0.6) is 5.75 Å². The Morgan fingerprint density at radius 3 is 2.52 bits per heavy atom. The summed E-state index contributed by atoms with van der Waals surface area (Å²) in [6.45, 7) is 0.398. The van der Waals surface area contributed by atoms with Gasteiger partial charge in [0.05, 0.1) is 12.7 Å². The van der Waals surface area contributed by atoms with Gasteiger partial charge in [0.2, 0.25) is 0 Å². The average molecular weight is 308 g/mol.